The Morgan fingerprint density at radius 2 is 2.07 bits per heavy atom. The van der Waals surface area contributed by atoms with Crippen LogP contribution >= 0.6 is 0 Å². The monoisotopic (exact) mass is 408 g/mol. The molecule has 6 heteroatoms. The zero-order valence-corrected chi connectivity index (χ0v) is 17.9. The average Bonchev–Trinajstić information content (AvgIpc) is 3.41. The van der Waals surface area contributed by atoms with E-state index in [9.17, 15) is 4.79 Å². The molecule has 6 nitrogen and oxygen atoms in total. The van der Waals surface area contributed by atoms with E-state index in [2.05, 4.69) is 54.2 Å². The molecule has 2 N–H and O–H groups in total. The number of hydrogen-bond donors (Lipinski definition) is 2. The third-order valence-corrected chi connectivity index (χ3v) is 5.65. The number of quaternary nitrogens is 1. The van der Waals surface area contributed by atoms with Crippen LogP contribution in [0.1, 0.15) is 47.5 Å². The molecule has 0 radical (unpaired) electrons. The minimum Gasteiger partial charge on any atom is -0.496 e. The Kier molecular flexibility index (Phi) is 5.95. The highest BCUT2D eigenvalue weighted by atomic mass is 16.5. The summed E-state index contributed by atoms with van der Waals surface area (Å²) < 4.78 is 13.9. The van der Waals surface area contributed by atoms with Gasteiger partial charge in [-0.1, -0.05) is 26.0 Å². The Bertz CT molecular complexity index is 1000. The van der Waals surface area contributed by atoms with Crippen LogP contribution in [0.5, 0.6) is 5.75 Å². The standard InChI is InChI=1S/C24H29N3O3/c1-17(2)15-25-24(28)22-11-10-18(30-22)16-27-14-13-26-12-6-8-20(26)23(27)19-7-4-5-9-21(19)29-3/h4-12,17,23H,13-16H2,1-3H3,(H,25,28)/p+1/t23-/m0/s1. The van der Waals surface area contributed by atoms with E-state index in [4.69, 9.17) is 9.15 Å². The molecule has 158 valence electrons. The van der Waals surface area contributed by atoms with Gasteiger partial charge >= 0.3 is 0 Å². The van der Waals surface area contributed by atoms with Crippen LogP contribution in [-0.4, -0.2) is 30.7 Å². The minimum atomic E-state index is -0.154. The predicted octanol–water partition coefficient (Wildman–Crippen LogP) is 2.66. The van der Waals surface area contributed by atoms with Crippen LogP contribution < -0.4 is 15.0 Å². The van der Waals surface area contributed by atoms with Crippen LogP contribution in [0.4, 0.5) is 0 Å². The Balaban J connectivity index is 1.58. The number of furan rings is 1. The molecule has 0 spiro atoms. The molecule has 1 aromatic carbocycles. The topological polar surface area (TPSA) is 60.8 Å². The van der Waals surface area contributed by atoms with E-state index < -0.39 is 0 Å². The summed E-state index contributed by atoms with van der Waals surface area (Å²) in [6, 6.07) is 16.3. The highest BCUT2D eigenvalue weighted by molar-refractivity contribution is 5.91. The fourth-order valence-corrected chi connectivity index (χ4v) is 4.19. The number of benzene rings is 1. The Morgan fingerprint density at radius 3 is 2.87 bits per heavy atom. The average molecular weight is 409 g/mol. The zero-order valence-electron chi connectivity index (χ0n) is 17.9. The number of carbonyl (C=O) groups is 1. The number of methoxy groups -OCH3 is 1. The maximum absolute atomic E-state index is 12.3. The number of ether oxygens (including phenoxy) is 1. The zero-order chi connectivity index (χ0) is 21.1. The van der Waals surface area contributed by atoms with Gasteiger partial charge in [-0.15, -0.1) is 0 Å². The third-order valence-electron chi connectivity index (χ3n) is 5.65. The van der Waals surface area contributed by atoms with Crippen molar-refractivity contribution in [3.63, 3.8) is 0 Å². The lowest BCUT2D eigenvalue weighted by molar-refractivity contribution is -0.944. The van der Waals surface area contributed by atoms with Gasteiger partial charge in [0.2, 0.25) is 0 Å². The van der Waals surface area contributed by atoms with E-state index in [-0.39, 0.29) is 11.9 Å². The quantitative estimate of drug-likeness (QED) is 0.632. The van der Waals surface area contributed by atoms with Crippen molar-refractivity contribution in [1.82, 2.24) is 9.88 Å². The first-order chi connectivity index (χ1) is 14.6. The van der Waals surface area contributed by atoms with Gasteiger partial charge in [-0.25, -0.2) is 0 Å². The van der Waals surface area contributed by atoms with E-state index >= 15 is 0 Å². The van der Waals surface area contributed by atoms with E-state index in [1.807, 2.05) is 18.2 Å². The number of nitrogens with one attached hydrogen (secondary N) is 2. The molecule has 0 saturated carbocycles. The molecule has 1 unspecified atom stereocenters. The normalized spacial score (nSPS) is 18.3. The third kappa shape index (κ3) is 4.14. The van der Waals surface area contributed by atoms with Crippen molar-refractivity contribution in [3.8, 4) is 5.75 Å². The van der Waals surface area contributed by atoms with Gasteiger partial charge in [-0.2, -0.15) is 0 Å². The number of carbonyl (C=O) groups excluding carboxylic acids is 1. The summed E-state index contributed by atoms with van der Waals surface area (Å²) in [4.78, 5) is 13.7. The fraction of sp³-hybridized carbons (Fsp3) is 0.375. The van der Waals surface area contributed by atoms with Gasteiger partial charge in [0.05, 0.1) is 31.5 Å². The maximum Gasteiger partial charge on any atom is 0.287 e. The minimum absolute atomic E-state index is 0.133. The number of nitrogens with zero attached hydrogens (tertiary/aromatic N) is 1. The van der Waals surface area contributed by atoms with Crippen molar-refractivity contribution in [1.29, 1.82) is 0 Å². The van der Waals surface area contributed by atoms with Gasteiger partial charge in [0.15, 0.2) is 17.6 Å². The smallest absolute Gasteiger partial charge is 0.287 e. The second-order valence-electron chi connectivity index (χ2n) is 8.26. The van der Waals surface area contributed by atoms with Crippen molar-refractivity contribution in [2.75, 3.05) is 20.2 Å². The summed E-state index contributed by atoms with van der Waals surface area (Å²) in [6.07, 6.45) is 2.14. The molecule has 0 fully saturated rings. The Morgan fingerprint density at radius 1 is 1.23 bits per heavy atom. The van der Waals surface area contributed by atoms with Crippen molar-refractivity contribution in [2.45, 2.75) is 33.0 Å². The highest BCUT2D eigenvalue weighted by Crippen LogP contribution is 2.29. The number of aromatic nitrogens is 1. The van der Waals surface area contributed by atoms with Gasteiger partial charge in [0.25, 0.3) is 5.91 Å². The van der Waals surface area contributed by atoms with Crippen LogP contribution in [0.2, 0.25) is 0 Å². The molecule has 0 saturated heterocycles. The molecular weight excluding hydrogens is 378 g/mol. The predicted molar refractivity (Wildman–Crippen MR) is 115 cm³/mol. The lowest BCUT2D eigenvalue weighted by Gasteiger charge is -2.34. The van der Waals surface area contributed by atoms with Crippen LogP contribution in [0.15, 0.2) is 59.1 Å². The summed E-state index contributed by atoms with van der Waals surface area (Å²) in [5, 5.41) is 2.92. The molecule has 0 aliphatic carbocycles. The first kappa shape index (κ1) is 20.3. The van der Waals surface area contributed by atoms with E-state index in [1.165, 1.54) is 10.6 Å². The number of para-hydroxylation sites is 1. The van der Waals surface area contributed by atoms with Crippen molar-refractivity contribution in [2.24, 2.45) is 5.92 Å². The number of amides is 1. The van der Waals surface area contributed by atoms with E-state index in [0.29, 0.717) is 24.8 Å². The lowest BCUT2D eigenvalue weighted by Crippen LogP contribution is -3.12. The molecule has 1 aliphatic heterocycles. The number of hydrogen-bond acceptors (Lipinski definition) is 3. The maximum atomic E-state index is 12.3. The van der Waals surface area contributed by atoms with Gasteiger partial charge in [-0.3, -0.25) is 4.79 Å². The SMILES string of the molecule is COc1ccccc1[C@H]1c2cccn2CC[NH+]1Cc1ccc(C(=O)NCC(C)C)o1. The van der Waals surface area contributed by atoms with Gasteiger partial charge < -0.3 is 23.9 Å². The van der Waals surface area contributed by atoms with Gasteiger partial charge in [0.1, 0.15) is 12.3 Å². The largest absolute Gasteiger partial charge is 0.496 e. The summed E-state index contributed by atoms with van der Waals surface area (Å²) in [5.74, 6) is 2.33. The van der Waals surface area contributed by atoms with Crippen molar-refractivity contribution in [3.05, 3.63) is 77.5 Å². The van der Waals surface area contributed by atoms with Crippen LogP contribution in [0.3, 0.4) is 0 Å². The molecule has 2 aromatic heterocycles. The molecule has 3 aromatic rings. The molecular formula is C24H30N3O3+. The second-order valence-corrected chi connectivity index (χ2v) is 8.26. The molecule has 1 amide bonds. The van der Waals surface area contributed by atoms with Crippen LogP contribution in [-0.2, 0) is 13.1 Å². The highest BCUT2D eigenvalue weighted by Gasteiger charge is 2.35. The number of rotatable bonds is 7. The number of fused-ring (bicyclic) bond motifs is 1. The van der Waals surface area contributed by atoms with E-state index in [0.717, 1.165) is 30.2 Å². The second kappa shape index (κ2) is 8.79. The van der Waals surface area contributed by atoms with Crippen molar-refractivity contribution < 1.29 is 18.8 Å². The fourth-order valence-electron chi connectivity index (χ4n) is 4.19. The molecule has 3 heterocycles. The molecule has 30 heavy (non-hydrogen) atoms. The lowest BCUT2D eigenvalue weighted by atomic mass is 9.98. The first-order valence-corrected chi connectivity index (χ1v) is 10.6. The van der Waals surface area contributed by atoms with Gasteiger partial charge in [0, 0.05) is 12.7 Å². The summed E-state index contributed by atoms with van der Waals surface area (Å²) in [7, 11) is 1.72. The molecule has 1 aliphatic rings. The Labute approximate surface area is 177 Å². The summed E-state index contributed by atoms with van der Waals surface area (Å²) in [5.41, 5.74) is 2.43. The van der Waals surface area contributed by atoms with Gasteiger partial charge in [-0.05, 0) is 42.3 Å². The summed E-state index contributed by atoms with van der Waals surface area (Å²) in [6.45, 7) is 7.39. The Hall–Kier alpha value is -2.99. The summed E-state index contributed by atoms with van der Waals surface area (Å²) >= 11 is 0. The molecule has 2 atom stereocenters. The van der Waals surface area contributed by atoms with E-state index in [1.54, 1.807) is 13.2 Å². The van der Waals surface area contributed by atoms with Crippen LogP contribution in [0, 0.1) is 5.92 Å². The first-order valence-electron chi connectivity index (χ1n) is 10.6. The molecule has 4 rings (SSSR count). The molecule has 0 bridgehead atoms. The van der Waals surface area contributed by atoms with Crippen molar-refractivity contribution >= 4 is 5.91 Å². The van der Waals surface area contributed by atoms with Crippen LogP contribution in [0.25, 0.3) is 0 Å².